The lowest BCUT2D eigenvalue weighted by Gasteiger charge is -2.18. The lowest BCUT2D eigenvalue weighted by Crippen LogP contribution is -2.02. The Morgan fingerprint density at radius 1 is 0.340 bits per heavy atom. The molecule has 50 heavy (non-hydrogen) atoms. The molecule has 10 aromatic rings. The first-order chi connectivity index (χ1) is 29.0. The summed E-state index contributed by atoms with van der Waals surface area (Å²) in [5.41, 5.74) is 1.45. The van der Waals surface area contributed by atoms with Crippen LogP contribution in [0.25, 0.3) is 99.2 Å². The average molecular weight is 646 g/mol. The van der Waals surface area contributed by atoms with Crippen LogP contribution in [0.2, 0.25) is 0 Å². The lowest BCUT2D eigenvalue weighted by molar-refractivity contribution is 1.08. The number of benzene rings is 9. The van der Waals surface area contributed by atoms with E-state index >= 15 is 0 Å². The molecule has 232 valence electrons. The smallest absolute Gasteiger partial charge is 0.165 e. The molecule has 0 radical (unpaired) electrons. The van der Waals surface area contributed by atoms with Gasteiger partial charge >= 0.3 is 0 Å². The van der Waals surface area contributed by atoms with Gasteiger partial charge in [0.25, 0.3) is 0 Å². The molecule has 3 nitrogen and oxygen atoms in total. The Morgan fingerprint density at radius 2 is 0.820 bits per heavy atom. The number of hydrogen-bond donors (Lipinski definition) is 0. The Labute approximate surface area is 303 Å². The molecule has 0 aliphatic carbocycles. The molecule has 1 heterocycles. The predicted octanol–water partition coefficient (Wildman–Crippen LogP) is 12.3. The van der Waals surface area contributed by atoms with Crippen LogP contribution in [0.4, 0.5) is 0 Å². The Hall–Kier alpha value is -6.71. The van der Waals surface area contributed by atoms with Gasteiger partial charge in [0.15, 0.2) is 17.5 Å². The largest absolute Gasteiger partial charge is 0.208 e. The molecular weight excluding hydrogens is 607 g/mol. The molecule has 9 aromatic carbocycles. The van der Waals surface area contributed by atoms with Gasteiger partial charge in [-0.25, -0.2) is 15.0 Å². The summed E-state index contributed by atoms with van der Waals surface area (Å²) in [5.74, 6) is 0.219. The van der Waals surface area contributed by atoms with Crippen LogP contribution in [0, 0.1) is 0 Å². The summed E-state index contributed by atoms with van der Waals surface area (Å²) >= 11 is 0. The van der Waals surface area contributed by atoms with E-state index in [1.54, 1.807) is 0 Å². The number of fused-ring (bicyclic) bond motifs is 7. The molecule has 0 amide bonds. The molecule has 0 N–H and O–H groups in total. The van der Waals surface area contributed by atoms with Gasteiger partial charge in [0.1, 0.15) is 0 Å². The van der Waals surface area contributed by atoms with Crippen molar-refractivity contribution in [3.05, 3.63) is 176 Å². The minimum atomic E-state index is -0.545. The monoisotopic (exact) mass is 645 g/mol. The normalized spacial score (nSPS) is 14.4. The van der Waals surface area contributed by atoms with Crippen LogP contribution in [0.5, 0.6) is 0 Å². The van der Waals surface area contributed by atoms with Crippen LogP contribution < -0.4 is 0 Å². The summed E-state index contributed by atoms with van der Waals surface area (Å²) in [5, 5.41) is 8.13. The SMILES string of the molecule is [2H]c1c([2H])c([2H])c(-c2nc(-c3c4ccccc4c(-c4c([2H])c([2H])c([2H])c([2H])c4[2H])c4ccccc34)nc(-c3cc4c5ccccc5ccc4c4ccccc34)n2)c([2H])c1[2H]. The molecule has 0 atom stereocenters. The molecule has 1 aromatic heterocycles. The fourth-order valence-electron chi connectivity index (χ4n) is 7.14. The van der Waals surface area contributed by atoms with Crippen LogP contribution in [-0.2, 0) is 0 Å². The highest BCUT2D eigenvalue weighted by molar-refractivity contribution is 6.22. The molecular formula is C47H29N3. The summed E-state index contributed by atoms with van der Waals surface area (Å²) in [4.78, 5) is 15.1. The third kappa shape index (κ3) is 4.48. The summed E-state index contributed by atoms with van der Waals surface area (Å²) in [6.45, 7) is 0. The van der Waals surface area contributed by atoms with Crippen LogP contribution in [0.15, 0.2) is 176 Å². The molecule has 0 bridgehead atoms. The Kier molecular flexibility index (Phi) is 4.58. The van der Waals surface area contributed by atoms with E-state index in [0.717, 1.165) is 32.3 Å². The molecule has 0 fully saturated rings. The topological polar surface area (TPSA) is 38.7 Å². The molecule has 0 saturated carbocycles. The standard InChI is InChI=1S/C47H29N3/c1-3-16-31(17-4-1)43-37-23-11-13-25-39(37)44(40-26-14-12-24-38(40)43)47-49-45(32-18-5-2-6-19-32)48-46(50-47)42-29-41-33-20-8-7-15-30(33)27-28-36(41)34-21-9-10-22-35(34)42/h1-29H/i1D,2D,3D,4D,5D,6D,16D,17D,18D,19D. The number of rotatable bonds is 4. The number of aromatic nitrogens is 3. The molecule has 0 unspecified atom stereocenters. The maximum atomic E-state index is 8.98. The van der Waals surface area contributed by atoms with Gasteiger partial charge in [0.05, 0.1) is 13.7 Å². The van der Waals surface area contributed by atoms with Crippen molar-refractivity contribution >= 4 is 53.9 Å². The summed E-state index contributed by atoms with van der Waals surface area (Å²) in [6, 6.07) is 32.2. The van der Waals surface area contributed by atoms with Crippen LogP contribution >= 0.6 is 0 Å². The van der Waals surface area contributed by atoms with Crippen molar-refractivity contribution in [2.75, 3.05) is 0 Å². The van der Waals surface area contributed by atoms with Crippen molar-refractivity contribution in [3.8, 4) is 45.3 Å². The molecule has 10 rings (SSSR count). The van der Waals surface area contributed by atoms with Gasteiger partial charge in [-0.15, -0.1) is 0 Å². The Bertz CT molecular complexity index is 3400. The van der Waals surface area contributed by atoms with E-state index in [-0.39, 0.29) is 40.7 Å². The minimum Gasteiger partial charge on any atom is -0.208 e. The maximum Gasteiger partial charge on any atom is 0.165 e. The Balaban J connectivity index is 1.37. The van der Waals surface area contributed by atoms with E-state index < -0.39 is 48.3 Å². The molecule has 0 spiro atoms. The van der Waals surface area contributed by atoms with Crippen molar-refractivity contribution in [2.45, 2.75) is 0 Å². The maximum absolute atomic E-state index is 8.98. The minimum absolute atomic E-state index is 0.0472. The molecule has 3 heteroatoms. The lowest BCUT2D eigenvalue weighted by atomic mass is 9.88. The summed E-state index contributed by atoms with van der Waals surface area (Å²) in [6.07, 6.45) is 0. The average Bonchev–Trinajstić information content (AvgIpc) is 3.28. The molecule has 0 aliphatic rings. The van der Waals surface area contributed by atoms with Gasteiger partial charge in [-0.05, 0) is 71.1 Å². The van der Waals surface area contributed by atoms with Gasteiger partial charge in [-0.1, -0.05) is 170 Å². The number of hydrogen-bond acceptors (Lipinski definition) is 3. The highest BCUT2D eigenvalue weighted by Crippen LogP contribution is 2.44. The fourth-order valence-corrected chi connectivity index (χ4v) is 7.14. The second kappa shape index (κ2) is 11.5. The van der Waals surface area contributed by atoms with Crippen molar-refractivity contribution in [1.29, 1.82) is 0 Å². The van der Waals surface area contributed by atoms with E-state index in [1.165, 1.54) is 0 Å². The van der Waals surface area contributed by atoms with Gasteiger partial charge in [-0.2, -0.15) is 0 Å². The quantitative estimate of drug-likeness (QED) is 0.141. The first-order valence-electron chi connectivity index (χ1n) is 21.1. The Morgan fingerprint density at radius 3 is 1.48 bits per heavy atom. The fraction of sp³-hybridized carbons (Fsp3) is 0. The van der Waals surface area contributed by atoms with Crippen molar-refractivity contribution < 1.29 is 13.7 Å². The van der Waals surface area contributed by atoms with E-state index in [0.29, 0.717) is 38.2 Å². The highest BCUT2D eigenvalue weighted by Gasteiger charge is 2.21. The van der Waals surface area contributed by atoms with Gasteiger partial charge in [0.2, 0.25) is 0 Å². The van der Waals surface area contributed by atoms with Gasteiger partial charge < -0.3 is 0 Å². The van der Waals surface area contributed by atoms with E-state index in [4.69, 9.17) is 28.7 Å². The zero-order valence-corrected chi connectivity index (χ0v) is 26.3. The second-order valence-corrected chi connectivity index (χ2v) is 12.0. The van der Waals surface area contributed by atoms with Gasteiger partial charge in [0, 0.05) is 16.7 Å². The zero-order valence-electron chi connectivity index (χ0n) is 36.3. The first kappa shape index (κ1) is 20.0. The predicted molar refractivity (Wildman–Crippen MR) is 209 cm³/mol. The molecule has 0 saturated heterocycles. The third-order valence-corrected chi connectivity index (χ3v) is 9.27. The summed E-state index contributed by atoms with van der Waals surface area (Å²) in [7, 11) is 0. The van der Waals surface area contributed by atoms with Crippen molar-refractivity contribution in [1.82, 2.24) is 15.0 Å². The van der Waals surface area contributed by atoms with Crippen molar-refractivity contribution in [2.24, 2.45) is 0 Å². The molecule has 0 aliphatic heterocycles. The second-order valence-electron chi connectivity index (χ2n) is 12.0. The van der Waals surface area contributed by atoms with E-state index in [1.807, 2.05) is 97.1 Å². The van der Waals surface area contributed by atoms with E-state index in [2.05, 4.69) is 18.2 Å². The van der Waals surface area contributed by atoms with Gasteiger partial charge in [-0.3, -0.25) is 0 Å². The highest BCUT2D eigenvalue weighted by atomic mass is 15.0. The zero-order chi connectivity index (χ0) is 41.7. The van der Waals surface area contributed by atoms with Crippen LogP contribution in [0.1, 0.15) is 13.7 Å². The van der Waals surface area contributed by atoms with Crippen LogP contribution in [-0.4, -0.2) is 15.0 Å². The number of nitrogens with zero attached hydrogens (tertiary/aromatic N) is 3. The van der Waals surface area contributed by atoms with Crippen LogP contribution in [0.3, 0.4) is 0 Å². The van der Waals surface area contributed by atoms with Crippen molar-refractivity contribution in [3.63, 3.8) is 0 Å². The first-order valence-corrected chi connectivity index (χ1v) is 16.1. The summed E-state index contributed by atoms with van der Waals surface area (Å²) < 4.78 is 86.6. The van der Waals surface area contributed by atoms with E-state index in [9.17, 15) is 0 Å². The third-order valence-electron chi connectivity index (χ3n) is 9.27.